The number of halogens is 1. The van der Waals surface area contributed by atoms with Crippen molar-refractivity contribution in [3.05, 3.63) is 60.2 Å². The van der Waals surface area contributed by atoms with Gasteiger partial charge >= 0.3 is 0 Å². The van der Waals surface area contributed by atoms with Crippen LogP contribution >= 0.6 is 0 Å². The summed E-state index contributed by atoms with van der Waals surface area (Å²) in [5.41, 5.74) is 2.87. The van der Waals surface area contributed by atoms with Crippen LogP contribution in [-0.2, 0) is 11.3 Å². The summed E-state index contributed by atoms with van der Waals surface area (Å²) in [6, 6.07) is 14.6. The van der Waals surface area contributed by atoms with Crippen LogP contribution in [0.25, 0.3) is 16.7 Å². The smallest absolute Gasteiger partial charge is 0.225 e. The maximum atomic E-state index is 13.5. The van der Waals surface area contributed by atoms with Gasteiger partial charge in [0.2, 0.25) is 5.91 Å². The van der Waals surface area contributed by atoms with Crippen LogP contribution in [0.5, 0.6) is 0 Å². The van der Waals surface area contributed by atoms with E-state index in [-0.39, 0.29) is 11.7 Å². The minimum Gasteiger partial charge on any atom is -0.342 e. The Balaban J connectivity index is 1.49. The highest BCUT2D eigenvalue weighted by molar-refractivity contribution is 5.79. The van der Waals surface area contributed by atoms with E-state index in [9.17, 15) is 9.18 Å². The molecule has 0 spiro atoms. The number of fused-ring (bicyclic) bond motifs is 1. The van der Waals surface area contributed by atoms with Crippen molar-refractivity contribution < 1.29 is 9.18 Å². The molecule has 4 rings (SSSR count). The third-order valence-corrected chi connectivity index (χ3v) is 6.32. The lowest BCUT2D eigenvalue weighted by Crippen LogP contribution is -2.43. The molecule has 0 saturated carbocycles. The van der Waals surface area contributed by atoms with Crippen molar-refractivity contribution in [2.45, 2.75) is 46.1 Å². The molecule has 1 amide bonds. The quantitative estimate of drug-likeness (QED) is 0.498. The highest BCUT2D eigenvalue weighted by atomic mass is 19.1. The maximum absolute atomic E-state index is 13.5. The van der Waals surface area contributed by atoms with Crippen LogP contribution in [0.1, 0.15) is 45.4 Å². The summed E-state index contributed by atoms with van der Waals surface area (Å²) < 4.78 is 15.6. The number of likely N-dealkylation sites (tertiary alicyclic amines) is 1. The Labute approximate surface area is 189 Å². The topological polar surface area (TPSA) is 41.4 Å². The van der Waals surface area contributed by atoms with Crippen LogP contribution in [0.15, 0.2) is 48.5 Å². The van der Waals surface area contributed by atoms with Gasteiger partial charge in [-0.05, 0) is 75.2 Å². The molecule has 2 heterocycles. The molecule has 1 aliphatic rings. The van der Waals surface area contributed by atoms with Crippen molar-refractivity contribution in [2.75, 3.05) is 26.2 Å². The Morgan fingerprint density at radius 1 is 1.03 bits per heavy atom. The van der Waals surface area contributed by atoms with E-state index < -0.39 is 0 Å². The average molecular weight is 437 g/mol. The lowest BCUT2D eigenvalue weighted by molar-refractivity contribution is -0.137. The third kappa shape index (κ3) is 4.85. The summed E-state index contributed by atoms with van der Waals surface area (Å²) in [7, 11) is 0. The lowest BCUT2D eigenvalue weighted by atomic mass is 9.95. The maximum Gasteiger partial charge on any atom is 0.225 e. The van der Waals surface area contributed by atoms with E-state index in [0.717, 1.165) is 74.4 Å². The first kappa shape index (κ1) is 22.5. The van der Waals surface area contributed by atoms with Gasteiger partial charge in [0.1, 0.15) is 11.6 Å². The van der Waals surface area contributed by atoms with Gasteiger partial charge in [0.15, 0.2) is 0 Å². The summed E-state index contributed by atoms with van der Waals surface area (Å²) in [6.07, 6.45) is 3.79. The zero-order chi connectivity index (χ0) is 22.5. The number of hydrogen-bond donors (Lipinski definition) is 0. The average Bonchev–Trinajstić information content (AvgIpc) is 3.17. The molecule has 1 aliphatic heterocycles. The molecule has 0 atom stereocenters. The fourth-order valence-corrected chi connectivity index (χ4v) is 4.73. The van der Waals surface area contributed by atoms with E-state index in [0.29, 0.717) is 12.5 Å². The monoisotopic (exact) mass is 436 g/mol. The molecular weight excluding hydrogens is 403 g/mol. The summed E-state index contributed by atoms with van der Waals surface area (Å²) in [5.74, 6) is 1.15. The molecule has 0 bridgehead atoms. The van der Waals surface area contributed by atoms with E-state index in [1.807, 2.05) is 23.1 Å². The first-order valence-electron chi connectivity index (χ1n) is 11.8. The number of rotatable bonds is 8. The van der Waals surface area contributed by atoms with Crippen LogP contribution in [0.4, 0.5) is 4.39 Å². The van der Waals surface area contributed by atoms with Crippen LogP contribution < -0.4 is 0 Å². The second-order valence-corrected chi connectivity index (χ2v) is 8.70. The van der Waals surface area contributed by atoms with E-state index in [4.69, 9.17) is 4.98 Å². The fourth-order valence-electron chi connectivity index (χ4n) is 4.73. The van der Waals surface area contributed by atoms with Gasteiger partial charge in [-0.3, -0.25) is 14.3 Å². The van der Waals surface area contributed by atoms with Gasteiger partial charge in [-0.1, -0.05) is 26.0 Å². The summed E-state index contributed by atoms with van der Waals surface area (Å²) in [5, 5.41) is 0. The second-order valence-electron chi connectivity index (χ2n) is 8.70. The standard InChI is InChI=1S/C26H33FN4O/c1-3-15-30(16-4-2)26(32)20-13-17-29(18-14-20)19-25-28-23-7-5-6-8-24(23)31(25)22-11-9-21(27)10-12-22/h5-12,20H,3-4,13-19H2,1-2H3. The molecule has 32 heavy (non-hydrogen) atoms. The molecule has 170 valence electrons. The Kier molecular flexibility index (Phi) is 7.20. The molecule has 3 aromatic rings. The zero-order valence-electron chi connectivity index (χ0n) is 19.1. The second kappa shape index (κ2) is 10.3. The molecule has 2 aromatic carbocycles. The van der Waals surface area contributed by atoms with E-state index in [1.165, 1.54) is 12.1 Å². The molecule has 1 aromatic heterocycles. The highest BCUT2D eigenvalue weighted by Crippen LogP contribution is 2.25. The number of carbonyl (C=O) groups is 1. The normalized spacial score (nSPS) is 15.3. The largest absolute Gasteiger partial charge is 0.342 e. The van der Waals surface area contributed by atoms with Gasteiger partial charge in [0.25, 0.3) is 0 Å². The van der Waals surface area contributed by atoms with Crippen LogP contribution in [0, 0.1) is 11.7 Å². The van der Waals surface area contributed by atoms with Crippen LogP contribution in [-0.4, -0.2) is 51.4 Å². The molecule has 0 aliphatic carbocycles. The van der Waals surface area contributed by atoms with Gasteiger partial charge < -0.3 is 4.90 Å². The first-order chi connectivity index (χ1) is 15.6. The number of imidazole rings is 1. The number of benzene rings is 2. The van der Waals surface area contributed by atoms with Crippen molar-refractivity contribution in [3.8, 4) is 5.69 Å². The van der Waals surface area contributed by atoms with Crippen molar-refractivity contribution in [3.63, 3.8) is 0 Å². The Morgan fingerprint density at radius 3 is 2.34 bits per heavy atom. The third-order valence-electron chi connectivity index (χ3n) is 6.32. The summed E-state index contributed by atoms with van der Waals surface area (Å²) >= 11 is 0. The Hall–Kier alpha value is -2.73. The molecule has 6 heteroatoms. The van der Waals surface area contributed by atoms with Crippen molar-refractivity contribution >= 4 is 16.9 Å². The summed E-state index contributed by atoms with van der Waals surface area (Å²) in [4.78, 5) is 22.3. The van der Waals surface area contributed by atoms with Crippen molar-refractivity contribution in [2.24, 2.45) is 5.92 Å². The number of carbonyl (C=O) groups excluding carboxylic acids is 1. The van der Waals surface area contributed by atoms with E-state index >= 15 is 0 Å². The number of hydrogen-bond acceptors (Lipinski definition) is 3. The highest BCUT2D eigenvalue weighted by Gasteiger charge is 2.28. The molecule has 0 unspecified atom stereocenters. The van der Waals surface area contributed by atoms with E-state index in [1.54, 1.807) is 12.1 Å². The predicted molar refractivity (Wildman–Crippen MR) is 126 cm³/mol. The first-order valence-corrected chi connectivity index (χ1v) is 11.8. The Bertz CT molecular complexity index is 1030. The van der Waals surface area contributed by atoms with Crippen LogP contribution in [0.2, 0.25) is 0 Å². The molecular formula is C26H33FN4O. The summed E-state index contributed by atoms with van der Waals surface area (Å²) in [6.45, 7) is 8.45. The fraction of sp³-hybridized carbons (Fsp3) is 0.462. The van der Waals surface area contributed by atoms with Gasteiger partial charge in [0.05, 0.1) is 17.6 Å². The minimum absolute atomic E-state index is 0.125. The van der Waals surface area contributed by atoms with Crippen LogP contribution in [0.3, 0.4) is 0 Å². The molecule has 5 nitrogen and oxygen atoms in total. The zero-order valence-corrected chi connectivity index (χ0v) is 19.1. The van der Waals surface area contributed by atoms with Gasteiger partial charge in [0, 0.05) is 24.7 Å². The minimum atomic E-state index is -0.244. The molecule has 1 fully saturated rings. The molecule has 0 N–H and O–H groups in total. The Morgan fingerprint density at radius 2 is 1.69 bits per heavy atom. The SMILES string of the molecule is CCCN(CCC)C(=O)C1CCN(Cc2nc3ccccc3n2-c2ccc(F)cc2)CC1. The lowest BCUT2D eigenvalue weighted by Gasteiger charge is -2.34. The molecule has 0 radical (unpaired) electrons. The number of amides is 1. The van der Waals surface area contributed by atoms with Gasteiger partial charge in [-0.2, -0.15) is 0 Å². The van der Waals surface area contributed by atoms with Gasteiger partial charge in [-0.15, -0.1) is 0 Å². The number of para-hydroxylation sites is 2. The number of nitrogens with zero attached hydrogens (tertiary/aromatic N) is 4. The van der Waals surface area contributed by atoms with Crippen molar-refractivity contribution in [1.29, 1.82) is 0 Å². The number of piperidine rings is 1. The van der Waals surface area contributed by atoms with Gasteiger partial charge in [-0.25, -0.2) is 9.37 Å². The number of aromatic nitrogens is 2. The predicted octanol–water partition coefficient (Wildman–Crippen LogP) is 5.03. The molecule has 1 saturated heterocycles. The van der Waals surface area contributed by atoms with E-state index in [2.05, 4.69) is 29.4 Å². The van der Waals surface area contributed by atoms with Crippen molar-refractivity contribution in [1.82, 2.24) is 19.4 Å².